The SMILES string of the molecule is CN1C(=O)C[C@H](C(=O)Nc2ccc3cc[nH]c3c2)[C@@H]1c1cccc(F)c1. The van der Waals surface area contributed by atoms with Gasteiger partial charge in [0.1, 0.15) is 5.82 Å². The average Bonchev–Trinajstić information content (AvgIpc) is 3.19. The molecule has 1 aliphatic rings. The quantitative estimate of drug-likeness (QED) is 0.759. The molecule has 0 bridgehead atoms. The Morgan fingerprint density at radius 1 is 1.23 bits per heavy atom. The number of rotatable bonds is 3. The highest BCUT2D eigenvalue weighted by Crippen LogP contribution is 2.38. The number of aromatic nitrogens is 1. The summed E-state index contributed by atoms with van der Waals surface area (Å²) in [6.45, 7) is 0. The minimum Gasteiger partial charge on any atom is -0.361 e. The van der Waals surface area contributed by atoms with E-state index in [1.807, 2.05) is 30.5 Å². The number of carbonyl (C=O) groups is 2. The molecule has 2 N–H and O–H groups in total. The molecule has 0 unspecified atom stereocenters. The van der Waals surface area contributed by atoms with E-state index in [1.165, 1.54) is 17.0 Å². The molecule has 6 heteroatoms. The second kappa shape index (κ2) is 6.29. The number of likely N-dealkylation sites (tertiary alicyclic amines) is 1. The number of nitrogens with one attached hydrogen (secondary N) is 2. The molecule has 0 saturated carbocycles. The fourth-order valence-corrected chi connectivity index (χ4v) is 3.61. The van der Waals surface area contributed by atoms with Crippen LogP contribution in [-0.2, 0) is 9.59 Å². The largest absolute Gasteiger partial charge is 0.361 e. The van der Waals surface area contributed by atoms with Crippen molar-refractivity contribution in [1.29, 1.82) is 0 Å². The lowest BCUT2D eigenvalue weighted by Crippen LogP contribution is -2.30. The van der Waals surface area contributed by atoms with Crippen molar-refractivity contribution in [2.75, 3.05) is 12.4 Å². The number of hydrogen-bond donors (Lipinski definition) is 2. The Morgan fingerprint density at radius 3 is 2.88 bits per heavy atom. The van der Waals surface area contributed by atoms with Crippen LogP contribution in [0, 0.1) is 11.7 Å². The molecule has 2 heterocycles. The number of anilines is 1. The number of nitrogens with zero attached hydrogens (tertiary/aromatic N) is 1. The van der Waals surface area contributed by atoms with Gasteiger partial charge in [0.2, 0.25) is 11.8 Å². The van der Waals surface area contributed by atoms with E-state index in [1.54, 1.807) is 19.2 Å². The molecule has 2 atom stereocenters. The number of aromatic amines is 1. The first-order chi connectivity index (χ1) is 12.5. The van der Waals surface area contributed by atoms with Crippen molar-refractivity contribution in [2.45, 2.75) is 12.5 Å². The topological polar surface area (TPSA) is 65.2 Å². The van der Waals surface area contributed by atoms with Gasteiger partial charge in [0.05, 0.1) is 12.0 Å². The minimum atomic E-state index is -0.575. The molecule has 4 rings (SSSR count). The van der Waals surface area contributed by atoms with Crippen LogP contribution in [0.2, 0.25) is 0 Å². The zero-order valence-electron chi connectivity index (χ0n) is 14.2. The molecule has 1 aromatic heterocycles. The normalized spacial score (nSPS) is 19.9. The Labute approximate surface area is 149 Å². The first-order valence-electron chi connectivity index (χ1n) is 8.42. The van der Waals surface area contributed by atoms with E-state index in [4.69, 9.17) is 0 Å². The molecule has 5 nitrogen and oxygen atoms in total. The zero-order valence-corrected chi connectivity index (χ0v) is 14.2. The molecular weight excluding hydrogens is 333 g/mol. The van der Waals surface area contributed by atoms with E-state index < -0.39 is 12.0 Å². The van der Waals surface area contributed by atoms with Crippen molar-refractivity contribution in [1.82, 2.24) is 9.88 Å². The molecule has 1 fully saturated rings. The van der Waals surface area contributed by atoms with E-state index in [2.05, 4.69) is 10.3 Å². The van der Waals surface area contributed by atoms with E-state index in [9.17, 15) is 14.0 Å². The van der Waals surface area contributed by atoms with Crippen molar-refractivity contribution in [3.05, 3.63) is 66.1 Å². The third-order valence-corrected chi connectivity index (χ3v) is 4.94. The Balaban J connectivity index is 1.61. The Hall–Kier alpha value is -3.15. The number of hydrogen-bond acceptors (Lipinski definition) is 2. The third-order valence-electron chi connectivity index (χ3n) is 4.94. The second-order valence-corrected chi connectivity index (χ2v) is 6.58. The second-order valence-electron chi connectivity index (χ2n) is 6.58. The van der Waals surface area contributed by atoms with Crippen LogP contribution in [0.1, 0.15) is 18.0 Å². The van der Waals surface area contributed by atoms with Gasteiger partial charge in [0, 0.05) is 30.9 Å². The lowest BCUT2D eigenvalue weighted by atomic mass is 9.92. The predicted octanol–water partition coefficient (Wildman–Crippen LogP) is 3.47. The maximum atomic E-state index is 13.6. The van der Waals surface area contributed by atoms with Crippen LogP contribution in [0.5, 0.6) is 0 Å². The third kappa shape index (κ3) is 2.83. The first kappa shape index (κ1) is 16.3. The van der Waals surface area contributed by atoms with Crippen molar-refractivity contribution >= 4 is 28.4 Å². The highest BCUT2D eigenvalue weighted by Gasteiger charge is 2.42. The van der Waals surface area contributed by atoms with Crippen LogP contribution in [0.15, 0.2) is 54.7 Å². The van der Waals surface area contributed by atoms with Crippen molar-refractivity contribution in [2.24, 2.45) is 5.92 Å². The van der Waals surface area contributed by atoms with E-state index >= 15 is 0 Å². The lowest BCUT2D eigenvalue weighted by molar-refractivity contribution is -0.128. The monoisotopic (exact) mass is 351 g/mol. The molecular formula is C20H18FN3O2. The number of fused-ring (bicyclic) bond motifs is 1. The van der Waals surface area contributed by atoms with Gasteiger partial charge in [-0.3, -0.25) is 9.59 Å². The minimum absolute atomic E-state index is 0.105. The average molecular weight is 351 g/mol. The number of carbonyl (C=O) groups excluding carboxylic acids is 2. The van der Waals surface area contributed by atoms with Crippen LogP contribution >= 0.6 is 0 Å². The summed E-state index contributed by atoms with van der Waals surface area (Å²) < 4.78 is 13.6. The summed E-state index contributed by atoms with van der Waals surface area (Å²) in [6.07, 6.45) is 1.94. The Bertz CT molecular complexity index is 997. The van der Waals surface area contributed by atoms with Gasteiger partial charge in [-0.05, 0) is 41.3 Å². The number of benzene rings is 2. The molecule has 1 saturated heterocycles. The molecule has 3 aromatic rings. The number of amides is 2. The summed E-state index contributed by atoms with van der Waals surface area (Å²) in [5.74, 6) is -1.33. The van der Waals surface area contributed by atoms with Crippen molar-refractivity contribution in [3.8, 4) is 0 Å². The van der Waals surface area contributed by atoms with E-state index in [0.29, 0.717) is 11.3 Å². The maximum absolute atomic E-state index is 13.6. The van der Waals surface area contributed by atoms with Gasteiger partial charge < -0.3 is 15.2 Å². The van der Waals surface area contributed by atoms with E-state index in [0.717, 1.165) is 10.9 Å². The molecule has 0 spiro atoms. The summed E-state index contributed by atoms with van der Waals surface area (Å²) in [6, 6.07) is 13.1. The highest BCUT2D eigenvalue weighted by molar-refractivity contribution is 5.99. The summed E-state index contributed by atoms with van der Waals surface area (Å²) in [4.78, 5) is 29.7. The Morgan fingerprint density at radius 2 is 2.08 bits per heavy atom. The fraction of sp³-hybridized carbons (Fsp3) is 0.200. The standard InChI is InChI=1S/C20H18FN3O2/c1-24-18(25)11-16(19(24)13-3-2-4-14(21)9-13)20(26)23-15-6-5-12-7-8-22-17(12)10-15/h2-10,16,19,22H,11H2,1H3,(H,23,26)/t16-,19-/m0/s1. The van der Waals surface area contributed by atoms with Gasteiger partial charge in [-0.15, -0.1) is 0 Å². The zero-order chi connectivity index (χ0) is 18.3. The van der Waals surface area contributed by atoms with Gasteiger partial charge >= 0.3 is 0 Å². The summed E-state index contributed by atoms with van der Waals surface area (Å²) in [7, 11) is 1.65. The van der Waals surface area contributed by atoms with Gasteiger partial charge in [0.25, 0.3) is 0 Å². The van der Waals surface area contributed by atoms with Crippen LogP contribution in [0.25, 0.3) is 10.9 Å². The van der Waals surface area contributed by atoms with Crippen LogP contribution in [-0.4, -0.2) is 28.7 Å². The summed E-state index contributed by atoms with van der Waals surface area (Å²) in [5.41, 5.74) is 2.20. The summed E-state index contributed by atoms with van der Waals surface area (Å²) in [5, 5.41) is 3.94. The highest BCUT2D eigenvalue weighted by atomic mass is 19.1. The Kier molecular flexibility index (Phi) is 3.95. The van der Waals surface area contributed by atoms with Gasteiger partial charge in [0.15, 0.2) is 0 Å². The van der Waals surface area contributed by atoms with E-state index in [-0.39, 0.29) is 24.1 Å². The van der Waals surface area contributed by atoms with Crippen LogP contribution in [0.4, 0.5) is 10.1 Å². The van der Waals surface area contributed by atoms with Gasteiger partial charge in [-0.2, -0.15) is 0 Å². The first-order valence-corrected chi connectivity index (χ1v) is 8.42. The lowest BCUT2D eigenvalue weighted by Gasteiger charge is -2.25. The molecule has 1 aliphatic heterocycles. The molecule has 0 aliphatic carbocycles. The molecule has 2 amide bonds. The number of H-pyrrole nitrogens is 1. The van der Waals surface area contributed by atoms with Crippen molar-refractivity contribution in [3.63, 3.8) is 0 Å². The van der Waals surface area contributed by atoms with Crippen LogP contribution < -0.4 is 5.32 Å². The fourth-order valence-electron chi connectivity index (χ4n) is 3.61. The predicted molar refractivity (Wildman–Crippen MR) is 96.9 cm³/mol. The summed E-state index contributed by atoms with van der Waals surface area (Å²) >= 11 is 0. The molecule has 0 radical (unpaired) electrons. The smallest absolute Gasteiger partial charge is 0.230 e. The molecule has 2 aromatic carbocycles. The van der Waals surface area contributed by atoms with Gasteiger partial charge in [-0.1, -0.05) is 18.2 Å². The number of halogens is 1. The van der Waals surface area contributed by atoms with Crippen molar-refractivity contribution < 1.29 is 14.0 Å². The maximum Gasteiger partial charge on any atom is 0.230 e. The van der Waals surface area contributed by atoms with Gasteiger partial charge in [-0.25, -0.2) is 4.39 Å². The molecule has 26 heavy (non-hydrogen) atoms. The molecule has 132 valence electrons. The van der Waals surface area contributed by atoms with Crippen LogP contribution in [0.3, 0.4) is 0 Å².